The van der Waals surface area contributed by atoms with E-state index in [1.54, 1.807) is 0 Å². The molecule has 1 fully saturated rings. The maximum Gasteiger partial charge on any atom is 0.326 e. The first-order valence-electron chi connectivity index (χ1n) is 5.71. The van der Waals surface area contributed by atoms with Crippen molar-refractivity contribution in [3.63, 3.8) is 0 Å². The SMILES string of the molecule is O=C1NC(=O)C(=C(c2ccccc2)c2cccs2)N1. The summed E-state index contributed by atoms with van der Waals surface area (Å²) in [7, 11) is 0. The van der Waals surface area contributed by atoms with Crippen LogP contribution in [0.3, 0.4) is 0 Å². The van der Waals surface area contributed by atoms with E-state index in [0.717, 1.165) is 16.0 Å². The van der Waals surface area contributed by atoms with Crippen LogP contribution in [0.4, 0.5) is 4.79 Å². The molecule has 4 nitrogen and oxygen atoms in total. The lowest BCUT2D eigenvalue weighted by molar-refractivity contribution is -0.115. The third-order valence-corrected chi connectivity index (χ3v) is 3.66. The van der Waals surface area contributed by atoms with Crippen LogP contribution in [0, 0.1) is 0 Å². The van der Waals surface area contributed by atoms with Gasteiger partial charge in [0.05, 0.1) is 0 Å². The molecule has 0 atom stereocenters. The van der Waals surface area contributed by atoms with E-state index in [2.05, 4.69) is 10.6 Å². The Bertz CT molecular complexity index is 660. The van der Waals surface area contributed by atoms with Gasteiger partial charge in [0.25, 0.3) is 5.91 Å². The van der Waals surface area contributed by atoms with Gasteiger partial charge in [-0.05, 0) is 17.0 Å². The van der Waals surface area contributed by atoms with Crippen molar-refractivity contribution in [1.82, 2.24) is 10.6 Å². The van der Waals surface area contributed by atoms with Gasteiger partial charge in [0.2, 0.25) is 0 Å². The second-order valence-corrected chi connectivity index (χ2v) is 4.95. The number of carbonyl (C=O) groups is 2. The molecule has 0 radical (unpaired) electrons. The van der Waals surface area contributed by atoms with Crippen molar-refractivity contribution in [2.45, 2.75) is 0 Å². The second kappa shape index (κ2) is 4.70. The van der Waals surface area contributed by atoms with Crippen LogP contribution in [0.1, 0.15) is 10.4 Å². The number of urea groups is 1. The van der Waals surface area contributed by atoms with Crippen molar-refractivity contribution in [3.8, 4) is 0 Å². The molecular formula is C14H10N2O2S. The number of imide groups is 1. The van der Waals surface area contributed by atoms with Crippen molar-refractivity contribution in [2.75, 3.05) is 0 Å². The summed E-state index contributed by atoms with van der Waals surface area (Å²) >= 11 is 1.53. The summed E-state index contributed by atoms with van der Waals surface area (Å²) in [4.78, 5) is 24.1. The van der Waals surface area contributed by atoms with Gasteiger partial charge in [0.1, 0.15) is 5.70 Å². The second-order valence-electron chi connectivity index (χ2n) is 4.00. The lowest BCUT2D eigenvalue weighted by Gasteiger charge is -2.08. The molecule has 0 unspecified atom stereocenters. The monoisotopic (exact) mass is 270 g/mol. The number of carbonyl (C=O) groups excluding carboxylic acids is 2. The Morgan fingerprint density at radius 3 is 2.32 bits per heavy atom. The fourth-order valence-corrected chi connectivity index (χ4v) is 2.78. The molecule has 3 rings (SSSR count). The molecule has 2 aromatic rings. The molecule has 0 saturated carbocycles. The van der Waals surface area contributed by atoms with Crippen LogP contribution < -0.4 is 10.6 Å². The average molecular weight is 270 g/mol. The molecule has 2 N–H and O–H groups in total. The van der Waals surface area contributed by atoms with Gasteiger partial charge in [0.15, 0.2) is 0 Å². The molecule has 1 aliphatic heterocycles. The van der Waals surface area contributed by atoms with Crippen LogP contribution in [0.25, 0.3) is 5.57 Å². The van der Waals surface area contributed by atoms with Crippen molar-refractivity contribution in [3.05, 3.63) is 64.0 Å². The van der Waals surface area contributed by atoms with Crippen LogP contribution >= 0.6 is 11.3 Å². The fraction of sp³-hybridized carbons (Fsp3) is 0. The maximum absolute atomic E-state index is 11.8. The Labute approximate surface area is 113 Å². The Balaban J connectivity index is 2.21. The number of thiophene rings is 1. The molecule has 1 aromatic carbocycles. The van der Waals surface area contributed by atoms with Gasteiger partial charge in [-0.15, -0.1) is 11.3 Å². The highest BCUT2D eigenvalue weighted by molar-refractivity contribution is 7.11. The Kier molecular flexibility index (Phi) is 2.89. The third kappa shape index (κ3) is 2.15. The lowest BCUT2D eigenvalue weighted by Crippen LogP contribution is -2.22. The first-order chi connectivity index (χ1) is 9.25. The summed E-state index contributed by atoms with van der Waals surface area (Å²) in [5.41, 5.74) is 1.95. The Morgan fingerprint density at radius 1 is 0.947 bits per heavy atom. The van der Waals surface area contributed by atoms with Crippen LogP contribution in [0.15, 0.2) is 53.5 Å². The number of hydrogen-bond donors (Lipinski definition) is 2. The zero-order valence-corrected chi connectivity index (χ0v) is 10.7. The first-order valence-corrected chi connectivity index (χ1v) is 6.59. The van der Waals surface area contributed by atoms with Crippen molar-refractivity contribution >= 4 is 28.8 Å². The average Bonchev–Trinajstić information content (AvgIpc) is 3.03. The van der Waals surface area contributed by atoms with Crippen LogP contribution in [0.2, 0.25) is 0 Å². The van der Waals surface area contributed by atoms with Gasteiger partial charge in [-0.3, -0.25) is 10.1 Å². The minimum absolute atomic E-state index is 0.304. The molecule has 1 aromatic heterocycles. The van der Waals surface area contributed by atoms with Gasteiger partial charge in [-0.2, -0.15) is 0 Å². The van der Waals surface area contributed by atoms with Crippen molar-refractivity contribution in [2.24, 2.45) is 0 Å². The standard InChI is InChI=1S/C14H10N2O2S/c17-13-12(15-14(18)16-13)11(10-7-4-8-19-10)9-5-2-1-3-6-9/h1-8H,(H2,15,16,17,18). The van der Waals surface area contributed by atoms with Gasteiger partial charge in [-0.1, -0.05) is 36.4 Å². The summed E-state index contributed by atoms with van der Waals surface area (Å²) in [6.45, 7) is 0. The highest BCUT2D eigenvalue weighted by atomic mass is 32.1. The van der Waals surface area contributed by atoms with E-state index in [0.29, 0.717) is 5.70 Å². The van der Waals surface area contributed by atoms with E-state index in [4.69, 9.17) is 0 Å². The van der Waals surface area contributed by atoms with Crippen LogP contribution in [-0.2, 0) is 4.79 Å². The molecule has 0 bridgehead atoms. The summed E-state index contributed by atoms with van der Waals surface area (Å²) in [5, 5.41) is 6.75. The van der Waals surface area contributed by atoms with Gasteiger partial charge in [0, 0.05) is 10.5 Å². The quantitative estimate of drug-likeness (QED) is 0.650. The van der Waals surface area contributed by atoms with Gasteiger partial charge in [-0.25, -0.2) is 4.79 Å². The molecule has 5 heteroatoms. The highest BCUT2D eigenvalue weighted by Gasteiger charge is 2.28. The smallest absolute Gasteiger partial charge is 0.302 e. The van der Waals surface area contributed by atoms with Crippen LogP contribution in [0.5, 0.6) is 0 Å². The number of amides is 3. The van der Waals surface area contributed by atoms with E-state index in [1.807, 2.05) is 47.8 Å². The lowest BCUT2D eigenvalue weighted by atomic mass is 10.0. The zero-order valence-electron chi connectivity index (χ0n) is 9.84. The highest BCUT2D eigenvalue weighted by Crippen LogP contribution is 2.30. The minimum atomic E-state index is -0.481. The molecule has 19 heavy (non-hydrogen) atoms. The largest absolute Gasteiger partial charge is 0.326 e. The van der Waals surface area contributed by atoms with E-state index >= 15 is 0 Å². The fourth-order valence-electron chi connectivity index (χ4n) is 1.98. The van der Waals surface area contributed by atoms with E-state index in [-0.39, 0.29) is 0 Å². The zero-order chi connectivity index (χ0) is 13.2. The number of nitrogens with one attached hydrogen (secondary N) is 2. The molecule has 0 aliphatic carbocycles. The van der Waals surface area contributed by atoms with Gasteiger partial charge < -0.3 is 5.32 Å². The molecule has 0 spiro atoms. The number of benzene rings is 1. The van der Waals surface area contributed by atoms with E-state index in [9.17, 15) is 9.59 Å². The van der Waals surface area contributed by atoms with E-state index < -0.39 is 11.9 Å². The number of hydrogen-bond acceptors (Lipinski definition) is 3. The van der Waals surface area contributed by atoms with Gasteiger partial charge >= 0.3 is 6.03 Å². The Morgan fingerprint density at radius 2 is 1.74 bits per heavy atom. The van der Waals surface area contributed by atoms with E-state index in [1.165, 1.54) is 11.3 Å². The molecule has 2 heterocycles. The molecule has 94 valence electrons. The molecule has 3 amide bonds. The predicted octanol–water partition coefficient (Wildman–Crippen LogP) is 2.35. The normalized spacial score (nSPS) is 17.1. The van der Waals surface area contributed by atoms with Crippen LogP contribution in [-0.4, -0.2) is 11.9 Å². The summed E-state index contributed by atoms with van der Waals surface area (Å²) in [6.07, 6.45) is 0. The Hall–Kier alpha value is -2.40. The van der Waals surface area contributed by atoms with Crippen molar-refractivity contribution < 1.29 is 9.59 Å². The third-order valence-electron chi connectivity index (χ3n) is 2.77. The summed E-state index contributed by atoms with van der Waals surface area (Å²) < 4.78 is 0. The maximum atomic E-state index is 11.8. The molecule has 1 aliphatic rings. The minimum Gasteiger partial charge on any atom is -0.302 e. The summed E-state index contributed by atoms with van der Waals surface area (Å²) in [5.74, 6) is -0.391. The van der Waals surface area contributed by atoms with Crippen molar-refractivity contribution in [1.29, 1.82) is 0 Å². The molecule has 1 saturated heterocycles. The first kappa shape index (κ1) is 11.7. The predicted molar refractivity (Wildman–Crippen MR) is 73.5 cm³/mol. The summed E-state index contributed by atoms with van der Waals surface area (Å²) in [6, 6.07) is 12.9. The number of rotatable bonds is 2. The topological polar surface area (TPSA) is 58.2 Å². The molecular weight excluding hydrogens is 260 g/mol.